The van der Waals surface area contributed by atoms with Gasteiger partial charge >= 0.3 is 5.63 Å². The molecule has 6 heteroatoms. The van der Waals surface area contributed by atoms with Crippen molar-refractivity contribution in [3.63, 3.8) is 0 Å². The van der Waals surface area contributed by atoms with E-state index in [1.54, 1.807) is 6.07 Å². The molecule has 0 bridgehead atoms. The van der Waals surface area contributed by atoms with E-state index in [0.29, 0.717) is 30.6 Å². The van der Waals surface area contributed by atoms with Crippen LogP contribution in [0.1, 0.15) is 39.5 Å². The van der Waals surface area contributed by atoms with Gasteiger partial charge in [-0.15, -0.1) is 0 Å². The highest BCUT2D eigenvalue weighted by Crippen LogP contribution is 2.22. The smallest absolute Gasteiger partial charge is 0.359 e. The maximum Gasteiger partial charge on any atom is 0.359 e. The number of Topliss-reactive ketones (excluding diaryl/α,β-unsaturated/α-hetero) is 1. The van der Waals surface area contributed by atoms with Gasteiger partial charge in [-0.1, -0.05) is 0 Å². The molecule has 0 saturated heterocycles. The molecule has 102 valence electrons. The van der Waals surface area contributed by atoms with Crippen LogP contribution >= 0.6 is 0 Å². The molecule has 0 radical (unpaired) electrons. The van der Waals surface area contributed by atoms with E-state index in [-0.39, 0.29) is 17.2 Å². The molecule has 0 aliphatic heterocycles. The van der Waals surface area contributed by atoms with E-state index in [9.17, 15) is 14.4 Å². The van der Waals surface area contributed by atoms with Crippen LogP contribution in [0.5, 0.6) is 0 Å². The van der Waals surface area contributed by atoms with Gasteiger partial charge < -0.3 is 14.2 Å². The van der Waals surface area contributed by atoms with E-state index in [0.717, 1.165) is 0 Å². The Morgan fingerprint density at radius 1 is 1.25 bits per heavy atom. The Hall–Kier alpha value is -2.63. The predicted molar refractivity (Wildman–Crippen MR) is 68.9 cm³/mol. The summed E-state index contributed by atoms with van der Waals surface area (Å²) in [5, 5.41) is 2.39. The zero-order valence-electron chi connectivity index (χ0n) is 10.5. The van der Waals surface area contributed by atoms with Gasteiger partial charge in [0.25, 0.3) is 5.91 Å². The van der Waals surface area contributed by atoms with Gasteiger partial charge in [-0.2, -0.15) is 0 Å². The number of carbonyl (C=O) groups is 2. The van der Waals surface area contributed by atoms with Crippen molar-refractivity contribution in [2.24, 2.45) is 0 Å². The van der Waals surface area contributed by atoms with E-state index < -0.39 is 11.5 Å². The minimum Gasteiger partial charge on any atom is -0.459 e. The second kappa shape index (κ2) is 4.80. The minimum absolute atomic E-state index is 0.0552. The highest BCUT2D eigenvalue weighted by atomic mass is 16.4. The largest absolute Gasteiger partial charge is 0.459 e. The monoisotopic (exact) mass is 273 g/mol. The van der Waals surface area contributed by atoms with Crippen molar-refractivity contribution in [2.45, 2.75) is 19.3 Å². The molecular weight excluding hydrogens is 262 g/mol. The third-order valence-electron chi connectivity index (χ3n) is 3.13. The number of ketones is 1. The van der Waals surface area contributed by atoms with Crippen LogP contribution < -0.4 is 10.9 Å². The molecule has 3 rings (SSSR count). The molecule has 1 aliphatic rings. The fourth-order valence-corrected chi connectivity index (χ4v) is 2.15. The predicted octanol–water partition coefficient (Wildman–Crippen LogP) is 2.00. The molecule has 0 atom stereocenters. The molecule has 1 amide bonds. The maximum absolute atomic E-state index is 11.8. The quantitative estimate of drug-likeness (QED) is 0.903. The molecule has 0 saturated carbocycles. The summed E-state index contributed by atoms with van der Waals surface area (Å²) >= 11 is 0. The first-order valence-corrected chi connectivity index (χ1v) is 6.20. The summed E-state index contributed by atoms with van der Waals surface area (Å²) in [7, 11) is 0. The summed E-state index contributed by atoms with van der Waals surface area (Å²) < 4.78 is 10.0. The first kappa shape index (κ1) is 12.4. The molecule has 0 aromatic carbocycles. The lowest BCUT2D eigenvalue weighted by Gasteiger charge is -2.13. The Kier molecular flexibility index (Phi) is 2.98. The molecule has 0 fully saturated rings. The molecule has 1 aliphatic carbocycles. The first-order chi connectivity index (χ1) is 9.65. The average Bonchev–Trinajstić information content (AvgIpc) is 2.94. The van der Waals surface area contributed by atoms with Gasteiger partial charge in [0.1, 0.15) is 11.4 Å². The Balaban J connectivity index is 1.94. The van der Waals surface area contributed by atoms with Crippen molar-refractivity contribution in [2.75, 3.05) is 5.32 Å². The van der Waals surface area contributed by atoms with Crippen molar-refractivity contribution in [3.05, 3.63) is 52.0 Å². The van der Waals surface area contributed by atoms with Crippen LogP contribution in [0.3, 0.4) is 0 Å². The normalized spacial score (nSPS) is 13.9. The SMILES string of the molecule is O=C(Nc1cc2c(oc1=O)CCCC2=O)c1ccco1. The maximum atomic E-state index is 11.8. The summed E-state index contributed by atoms with van der Waals surface area (Å²) in [5.41, 5.74) is -0.357. The number of fused-ring (bicyclic) bond motifs is 1. The molecule has 0 unspecified atom stereocenters. The number of nitrogens with one attached hydrogen (secondary N) is 1. The molecule has 2 heterocycles. The second-order valence-corrected chi connectivity index (χ2v) is 4.49. The van der Waals surface area contributed by atoms with Gasteiger partial charge in [0.2, 0.25) is 0 Å². The van der Waals surface area contributed by atoms with Crippen LogP contribution in [0.2, 0.25) is 0 Å². The summed E-state index contributed by atoms with van der Waals surface area (Å²) in [6.45, 7) is 0. The molecular formula is C14H11NO5. The number of furan rings is 1. The lowest BCUT2D eigenvalue weighted by molar-refractivity contribution is 0.0962. The van der Waals surface area contributed by atoms with E-state index in [1.807, 2.05) is 0 Å². The number of hydrogen-bond acceptors (Lipinski definition) is 5. The highest BCUT2D eigenvalue weighted by molar-refractivity contribution is 6.03. The molecule has 2 aromatic heterocycles. The fraction of sp³-hybridized carbons (Fsp3) is 0.214. The van der Waals surface area contributed by atoms with Crippen LogP contribution in [0, 0.1) is 0 Å². The number of anilines is 1. The second-order valence-electron chi connectivity index (χ2n) is 4.49. The summed E-state index contributed by atoms with van der Waals surface area (Å²) in [5.74, 6) is -0.176. The lowest BCUT2D eigenvalue weighted by atomic mass is 9.96. The van der Waals surface area contributed by atoms with Crippen molar-refractivity contribution in [3.8, 4) is 0 Å². The Morgan fingerprint density at radius 2 is 2.10 bits per heavy atom. The van der Waals surface area contributed by atoms with Gasteiger partial charge in [-0.05, 0) is 24.6 Å². The Labute approximate surface area is 113 Å². The van der Waals surface area contributed by atoms with Gasteiger partial charge in [0.05, 0.1) is 11.8 Å². The van der Waals surface area contributed by atoms with Crippen LogP contribution in [0.25, 0.3) is 0 Å². The molecule has 1 N–H and O–H groups in total. The summed E-state index contributed by atoms with van der Waals surface area (Å²) in [6.07, 6.45) is 3.01. The zero-order chi connectivity index (χ0) is 14.1. The number of hydrogen-bond donors (Lipinski definition) is 1. The summed E-state index contributed by atoms with van der Waals surface area (Å²) in [4.78, 5) is 35.4. The topological polar surface area (TPSA) is 89.5 Å². The van der Waals surface area contributed by atoms with Crippen LogP contribution in [0.4, 0.5) is 5.69 Å². The molecule has 2 aromatic rings. The number of aryl methyl sites for hydroxylation is 1. The minimum atomic E-state index is -0.668. The molecule has 0 spiro atoms. The van der Waals surface area contributed by atoms with Crippen LogP contribution in [0.15, 0.2) is 38.1 Å². The first-order valence-electron chi connectivity index (χ1n) is 6.20. The zero-order valence-corrected chi connectivity index (χ0v) is 10.5. The van der Waals surface area contributed by atoms with Crippen molar-refractivity contribution < 1.29 is 18.4 Å². The Bertz CT molecular complexity index is 727. The van der Waals surface area contributed by atoms with E-state index in [2.05, 4.69) is 5.32 Å². The standard InChI is InChI=1S/C14H11NO5/c16-10-3-1-4-11-8(10)7-9(14(18)20-11)15-13(17)12-5-2-6-19-12/h2,5-7H,1,3-4H2,(H,15,17). The van der Waals surface area contributed by atoms with Gasteiger partial charge in [0, 0.05) is 12.8 Å². The Morgan fingerprint density at radius 3 is 2.85 bits per heavy atom. The lowest BCUT2D eigenvalue weighted by Crippen LogP contribution is -2.21. The average molecular weight is 273 g/mol. The van der Waals surface area contributed by atoms with Gasteiger partial charge in [-0.3, -0.25) is 9.59 Å². The summed E-state index contributed by atoms with van der Waals surface area (Å²) in [6, 6.07) is 4.41. The van der Waals surface area contributed by atoms with Crippen molar-refractivity contribution in [1.82, 2.24) is 0 Å². The van der Waals surface area contributed by atoms with Crippen LogP contribution in [-0.2, 0) is 6.42 Å². The number of rotatable bonds is 2. The van der Waals surface area contributed by atoms with Gasteiger partial charge in [-0.25, -0.2) is 4.79 Å². The van der Waals surface area contributed by atoms with Crippen molar-refractivity contribution in [1.29, 1.82) is 0 Å². The third kappa shape index (κ3) is 2.16. The van der Waals surface area contributed by atoms with Gasteiger partial charge in [0.15, 0.2) is 11.5 Å². The van der Waals surface area contributed by atoms with E-state index in [4.69, 9.17) is 8.83 Å². The van der Waals surface area contributed by atoms with E-state index >= 15 is 0 Å². The number of amides is 1. The number of carbonyl (C=O) groups excluding carboxylic acids is 2. The molecule has 20 heavy (non-hydrogen) atoms. The molecule has 6 nitrogen and oxygen atoms in total. The van der Waals surface area contributed by atoms with Crippen LogP contribution in [-0.4, -0.2) is 11.7 Å². The fourth-order valence-electron chi connectivity index (χ4n) is 2.15. The third-order valence-corrected chi connectivity index (χ3v) is 3.13. The van der Waals surface area contributed by atoms with Crippen molar-refractivity contribution >= 4 is 17.4 Å². The highest BCUT2D eigenvalue weighted by Gasteiger charge is 2.22. The van der Waals surface area contributed by atoms with E-state index in [1.165, 1.54) is 18.4 Å².